The van der Waals surface area contributed by atoms with Crippen molar-refractivity contribution in [2.45, 2.75) is 61.5 Å². The van der Waals surface area contributed by atoms with Gasteiger partial charge in [0, 0.05) is 0 Å². The van der Waals surface area contributed by atoms with E-state index in [-0.39, 0.29) is 6.61 Å². The van der Waals surface area contributed by atoms with Gasteiger partial charge in [0.25, 0.3) is 5.22 Å². The quantitative estimate of drug-likeness (QED) is 0.107. The summed E-state index contributed by atoms with van der Waals surface area (Å²) in [6, 6.07) is 48.3. The minimum atomic E-state index is -0.546. The van der Waals surface area contributed by atoms with E-state index in [0.717, 1.165) is 27.8 Å². The lowest BCUT2D eigenvalue weighted by atomic mass is 9.98. The lowest BCUT2D eigenvalue weighted by Crippen LogP contribution is -2.60. The zero-order chi connectivity index (χ0) is 33.1. The third kappa shape index (κ3) is 9.05. The summed E-state index contributed by atoms with van der Waals surface area (Å²) >= 11 is 1.39. The van der Waals surface area contributed by atoms with Gasteiger partial charge in [0.2, 0.25) is 0 Å². The molecular weight excluding hydrogens is 635 g/mol. The smallest absolute Gasteiger partial charge is 0.259 e. The maximum Gasteiger partial charge on any atom is 0.259 e. The van der Waals surface area contributed by atoms with E-state index >= 15 is 0 Å². The Hall–Kier alpha value is -4.28. The number of nitrogens with zero attached hydrogens (tertiary/aromatic N) is 1. The van der Waals surface area contributed by atoms with Gasteiger partial charge in [-0.3, -0.25) is 0 Å². The monoisotopic (exact) mass is 673 g/mol. The Morgan fingerprint density at radius 2 is 0.980 bits per heavy atom. The maximum atomic E-state index is 6.92. The van der Waals surface area contributed by atoms with Crippen molar-refractivity contribution in [2.24, 2.45) is 0 Å². The van der Waals surface area contributed by atoms with E-state index < -0.39 is 29.9 Å². The zero-order valence-electron chi connectivity index (χ0n) is 27.1. The number of hydrogen-bond donors (Lipinski definition) is 0. The second-order valence-electron chi connectivity index (χ2n) is 11.9. The Bertz CT molecular complexity index is 1810. The Morgan fingerprint density at radius 1 is 0.510 bits per heavy atom. The predicted octanol–water partition coefficient (Wildman–Crippen LogP) is 8.62. The Balaban J connectivity index is 1.21. The second kappa shape index (κ2) is 16.9. The standard InChI is InChI=1S/C41H39NO6S/c1-5-15-30(16-6-1)25-43-29-36-37(44-26-31-17-7-2-8-18-31)38(45-27-32-19-9-3-10-20-32)39(46-28-33-21-11-4-12-22-33)40(47-36)49-41-42-34-23-13-14-24-35(34)48-41/h1-24,36-40H,25-29H2/t36-,37-,38+,39-,40+/m1/s1. The van der Waals surface area contributed by atoms with Gasteiger partial charge in [-0.15, -0.1) is 0 Å². The van der Waals surface area contributed by atoms with Gasteiger partial charge in [-0.1, -0.05) is 133 Å². The number of thioether (sulfide) groups is 1. The van der Waals surface area contributed by atoms with E-state index in [1.165, 1.54) is 11.8 Å². The van der Waals surface area contributed by atoms with E-state index in [0.29, 0.717) is 37.2 Å². The summed E-state index contributed by atoms with van der Waals surface area (Å²) in [5, 5.41) is 0.494. The molecule has 6 aromatic rings. The number of ether oxygens (including phenoxy) is 5. The van der Waals surface area contributed by atoms with Crippen LogP contribution in [0.15, 0.2) is 155 Å². The van der Waals surface area contributed by atoms with E-state index in [9.17, 15) is 0 Å². The van der Waals surface area contributed by atoms with Crippen LogP contribution < -0.4 is 0 Å². The molecule has 0 unspecified atom stereocenters. The average Bonchev–Trinajstić information content (AvgIpc) is 3.57. The number of oxazole rings is 1. The molecule has 0 radical (unpaired) electrons. The van der Waals surface area contributed by atoms with Crippen molar-refractivity contribution in [3.63, 3.8) is 0 Å². The van der Waals surface area contributed by atoms with Crippen LogP contribution in [0.25, 0.3) is 11.1 Å². The Labute approximate surface area is 291 Å². The largest absolute Gasteiger partial charge is 0.431 e. The van der Waals surface area contributed by atoms with Crippen LogP contribution in [0.1, 0.15) is 22.3 Å². The van der Waals surface area contributed by atoms with Crippen LogP contribution >= 0.6 is 11.8 Å². The fourth-order valence-electron chi connectivity index (χ4n) is 5.84. The molecule has 5 aromatic carbocycles. The van der Waals surface area contributed by atoms with E-state index in [1.54, 1.807) is 0 Å². The molecule has 5 atom stereocenters. The average molecular weight is 674 g/mol. The number of para-hydroxylation sites is 2. The van der Waals surface area contributed by atoms with Gasteiger partial charge >= 0.3 is 0 Å². The van der Waals surface area contributed by atoms with Crippen molar-refractivity contribution < 1.29 is 28.1 Å². The fourth-order valence-corrected chi connectivity index (χ4v) is 6.90. The first-order chi connectivity index (χ1) is 24.3. The molecule has 0 spiro atoms. The lowest BCUT2D eigenvalue weighted by molar-refractivity contribution is -0.254. The summed E-state index contributed by atoms with van der Waals surface area (Å²) in [5.41, 5.74) is 5.19. The van der Waals surface area contributed by atoms with Gasteiger partial charge in [-0.2, -0.15) is 0 Å². The van der Waals surface area contributed by atoms with Gasteiger partial charge in [0.15, 0.2) is 5.58 Å². The van der Waals surface area contributed by atoms with Crippen LogP contribution in [-0.2, 0) is 50.1 Å². The summed E-state index contributed by atoms with van der Waals surface area (Å²) < 4.78 is 39.8. The molecule has 49 heavy (non-hydrogen) atoms. The zero-order valence-corrected chi connectivity index (χ0v) is 27.9. The fraction of sp³-hybridized carbons (Fsp3) is 0.244. The molecule has 0 bridgehead atoms. The summed E-state index contributed by atoms with van der Waals surface area (Å²) in [6.07, 6.45) is -2.06. The second-order valence-corrected chi connectivity index (χ2v) is 12.9. The van der Waals surface area contributed by atoms with E-state index in [2.05, 4.69) is 48.5 Å². The molecule has 2 heterocycles. The van der Waals surface area contributed by atoms with Crippen LogP contribution in [0, 0.1) is 0 Å². The molecule has 0 saturated carbocycles. The van der Waals surface area contributed by atoms with Crippen LogP contribution in [0.5, 0.6) is 0 Å². The van der Waals surface area contributed by atoms with Crippen molar-refractivity contribution in [3.05, 3.63) is 168 Å². The molecule has 0 aliphatic carbocycles. The van der Waals surface area contributed by atoms with E-state index in [4.69, 9.17) is 33.1 Å². The summed E-state index contributed by atoms with van der Waals surface area (Å²) in [4.78, 5) is 4.76. The van der Waals surface area contributed by atoms with Crippen LogP contribution in [0.3, 0.4) is 0 Å². The number of rotatable bonds is 15. The third-order valence-corrected chi connectivity index (χ3v) is 9.32. The first-order valence-corrected chi connectivity index (χ1v) is 17.4. The first kappa shape index (κ1) is 33.2. The van der Waals surface area contributed by atoms with Gasteiger partial charge in [-0.25, -0.2) is 4.98 Å². The molecule has 0 amide bonds. The van der Waals surface area contributed by atoms with E-state index in [1.807, 2.05) is 97.1 Å². The molecule has 1 aromatic heterocycles. The maximum absolute atomic E-state index is 6.92. The lowest BCUT2D eigenvalue weighted by Gasteiger charge is -2.45. The minimum Gasteiger partial charge on any atom is -0.431 e. The van der Waals surface area contributed by atoms with Crippen LogP contribution in [0.2, 0.25) is 0 Å². The molecule has 0 N–H and O–H groups in total. The minimum absolute atomic E-state index is 0.287. The molecule has 7 rings (SSSR count). The number of benzene rings is 5. The SMILES string of the molecule is c1ccc(COC[C@H]2O[C@@H](Sc3nc4ccccc4o3)[C@H](OCc3ccccc3)[C@@H](OCc3ccccc3)[C@@H]2OCc2ccccc2)cc1. The molecule has 1 aliphatic heterocycles. The normalized spacial score (nSPS) is 20.8. The highest BCUT2D eigenvalue weighted by Crippen LogP contribution is 2.39. The van der Waals surface area contributed by atoms with Crippen LogP contribution in [0.4, 0.5) is 0 Å². The van der Waals surface area contributed by atoms with Crippen molar-refractivity contribution in [1.82, 2.24) is 4.98 Å². The van der Waals surface area contributed by atoms with Gasteiger partial charge in [0.1, 0.15) is 35.4 Å². The highest BCUT2D eigenvalue weighted by molar-refractivity contribution is 7.99. The molecule has 250 valence electrons. The van der Waals surface area contributed by atoms with Crippen molar-refractivity contribution in [3.8, 4) is 0 Å². The van der Waals surface area contributed by atoms with Crippen LogP contribution in [-0.4, -0.2) is 41.4 Å². The first-order valence-electron chi connectivity index (χ1n) is 16.5. The molecular formula is C41H39NO6S. The molecule has 1 aliphatic rings. The molecule has 8 heteroatoms. The van der Waals surface area contributed by atoms with Crippen molar-refractivity contribution in [2.75, 3.05) is 6.61 Å². The van der Waals surface area contributed by atoms with Gasteiger partial charge in [0.05, 0.1) is 33.0 Å². The highest BCUT2D eigenvalue weighted by atomic mass is 32.2. The summed E-state index contributed by atoms with van der Waals surface area (Å²) in [6.45, 7) is 1.85. The Kier molecular flexibility index (Phi) is 11.5. The third-order valence-electron chi connectivity index (χ3n) is 8.33. The van der Waals surface area contributed by atoms with Crippen molar-refractivity contribution in [1.29, 1.82) is 0 Å². The number of fused-ring (bicyclic) bond motifs is 1. The summed E-state index contributed by atoms with van der Waals surface area (Å²) in [7, 11) is 0. The van der Waals surface area contributed by atoms with Gasteiger partial charge < -0.3 is 28.1 Å². The number of aromatic nitrogens is 1. The summed E-state index contributed by atoms with van der Waals surface area (Å²) in [5.74, 6) is 0. The number of hydrogen-bond acceptors (Lipinski definition) is 8. The molecule has 1 saturated heterocycles. The Morgan fingerprint density at radius 3 is 1.53 bits per heavy atom. The van der Waals surface area contributed by atoms with Gasteiger partial charge in [-0.05, 0) is 46.1 Å². The topological polar surface area (TPSA) is 72.2 Å². The van der Waals surface area contributed by atoms with Crippen molar-refractivity contribution >= 4 is 22.9 Å². The predicted molar refractivity (Wildman–Crippen MR) is 190 cm³/mol. The molecule has 1 fully saturated rings. The molecule has 7 nitrogen and oxygen atoms in total. The highest BCUT2D eigenvalue weighted by Gasteiger charge is 2.49.